The van der Waals surface area contributed by atoms with Gasteiger partial charge in [-0.1, -0.05) is 6.07 Å². The molecule has 2 fully saturated rings. The van der Waals surface area contributed by atoms with Gasteiger partial charge in [0.1, 0.15) is 0 Å². The van der Waals surface area contributed by atoms with Gasteiger partial charge in [0.15, 0.2) is 5.65 Å². The molecule has 0 atom stereocenters. The Bertz CT molecular complexity index is 594. The van der Waals surface area contributed by atoms with Crippen LogP contribution < -0.4 is 4.90 Å². The molecule has 2 aromatic heterocycles. The van der Waals surface area contributed by atoms with E-state index in [1.54, 1.807) is 0 Å². The fourth-order valence-corrected chi connectivity index (χ4v) is 3.08. The average molecular weight is 272 g/mol. The Morgan fingerprint density at radius 2 is 1.85 bits per heavy atom. The highest BCUT2D eigenvalue weighted by Gasteiger charge is 2.35. The van der Waals surface area contributed by atoms with Crippen molar-refractivity contribution in [2.75, 3.05) is 51.2 Å². The second kappa shape index (κ2) is 4.71. The van der Waals surface area contributed by atoms with Crippen molar-refractivity contribution in [3.05, 3.63) is 24.4 Å². The summed E-state index contributed by atoms with van der Waals surface area (Å²) < 4.78 is 2.07. The van der Waals surface area contributed by atoms with Crippen LogP contribution in [0.25, 0.3) is 5.65 Å². The number of hydrogen-bond acceptors (Lipinski definition) is 5. The highest BCUT2D eigenvalue weighted by Crippen LogP contribution is 2.23. The van der Waals surface area contributed by atoms with Gasteiger partial charge in [-0.25, -0.2) is 0 Å². The zero-order chi connectivity index (χ0) is 13.5. The topological polar surface area (TPSA) is 39.9 Å². The zero-order valence-electron chi connectivity index (χ0n) is 11.8. The van der Waals surface area contributed by atoms with Crippen molar-refractivity contribution in [1.29, 1.82) is 0 Å². The molecule has 2 saturated heterocycles. The summed E-state index contributed by atoms with van der Waals surface area (Å²) in [5, 5.41) is 8.54. The van der Waals surface area contributed by atoms with Crippen molar-refractivity contribution < 1.29 is 0 Å². The standard InChI is InChI=1S/C14H20N6/c1-17-6-8-18(9-7-17)12-10-19(11-12)14-16-15-13-4-2-3-5-20(13)14/h2-5,12H,6-11H2,1H3. The molecule has 0 aliphatic carbocycles. The predicted octanol–water partition coefficient (Wildman–Crippen LogP) is 0.165. The second-order valence-corrected chi connectivity index (χ2v) is 5.83. The lowest BCUT2D eigenvalue weighted by atomic mass is 10.1. The maximum atomic E-state index is 4.32. The lowest BCUT2D eigenvalue weighted by Gasteiger charge is -2.47. The summed E-state index contributed by atoms with van der Waals surface area (Å²) in [5.74, 6) is 0.978. The number of rotatable bonds is 2. The van der Waals surface area contributed by atoms with Crippen LogP contribution in [0.2, 0.25) is 0 Å². The van der Waals surface area contributed by atoms with Crippen LogP contribution in [0.3, 0.4) is 0 Å². The van der Waals surface area contributed by atoms with Crippen LogP contribution in [0.15, 0.2) is 24.4 Å². The van der Waals surface area contributed by atoms with E-state index in [0.29, 0.717) is 6.04 Å². The van der Waals surface area contributed by atoms with Gasteiger partial charge < -0.3 is 9.80 Å². The maximum absolute atomic E-state index is 4.32. The molecule has 4 rings (SSSR count). The van der Waals surface area contributed by atoms with E-state index in [2.05, 4.69) is 36.3 Å². The molecule has 0 amide bonds. The lowest BCUT2D eigenvalue weighted by Crippen LogP contribution is -2.63. The molecule has 2 aliphatic rings. The molecule has 0 radical (unpaired) electrons. The first kappa shape index (κ1) is 12.1. The number of anilines is 1. The van der Waals surface area contributed by atoms with E-state index in [0.717, 1.165) is 24.7 Å². The van der Waals surface area contributed by atoms with Gasteiger partial charge in [-0.2, -0.15) is 0 Å². The zero-order valence-corrected chi connectivity index (χ0v) is 11.8. The highest BCUT2D eigenvalue weighted by atomic mass is 15.4. The van der Waals surface area contributed by atoms with E-state index in [4.69, 9.17) is 0 Å². The van der Waals surface area contributed by atoms with Gasteiger partial charge in [-0.05, 0) is 19.2 Å². The molecule has 0 saturated carbocycles. The fourth-order valence-electron chi connectivity index (χ4n) is 3.08. The summed E-state index contributed by atoms with van der Waals surface area (Å²) in [5.41, 5.74) is 0.922. The molecule has 0 N–H and O–H groups in total. The molecule has 0 spiro atoms. The van der Waals surface area contributed by atoms with Crippen molar-refractivity contribution in [1.82, 2.24) is 24.4 Å². The highest BCUT2D eigenvalue weighted by molar-refractivity contribution is 5.48. The van der Waals surface area contributed by atoms with Crippen LogP contribution >= 0.6 is 0 Å². The number of fused-ring (bicyclic) bond motifs is 1. The minimum Gasteiger partial charge on any atom is -0.337 e. The Balaban J connectivity index is 1.43. The van der Waals surface area contributed by atoms with Crippen LogP contribution in [0, 0.1) is 0 Å². The molecule has 20 heavy (non-hydrogen) atoms. The van der Waals surface area contributed by atoms with Crippen molar-refractivity contribution in [3.8, 4) is 0 Å². The normalized spacial score (nSPS) is 22.4. The predicted molar refractivity (Wildman–Crippen MR) is 78.1 cm³/mol. The summed E-state index contributed by atoms with van der Waals surface area (Å²) in [4.78, 5) is 7.33. The van der Waals surface area contributed by atoms with E-state index in [1.807, 2.05) is 24.4 Å². The summed E-state index contributed by atoms with van der Waals surface area (Å²) in [6, 6.07) is 6.70. The molecule has 2 aliphatic heterocycles. The molecule has 0 bridgehead atoms. The molecule has 106 valence electrons. The minimum atomic E-state index is 0.680. The van der Waals surface area contributed by atoms with E-state index in [9.17, 15) is 0 Å². The summed E-state index contributed by atoms with van der Waals surface area (Å²) >= 11 is 0. The van der Waals surface area contributed by atoms with E-state index < -0.39 is 0 Å². The molecule has 2 aromatic rings. The SMILES string of the molecule is CN1CCN(C2CN(c3nnc4ccccn34)C2)CC1. The van der Waals surface area contributed by atoms with Crippen LogP contribution in [0.1, 0.15) is 0 Å². The van der Waals surface area contributed by atoms with Gasteiger partial charge in [0, 0.05) is 51.5 Å². The van der Waals surface area contributed by atoms with Crippen LogP contribution in [0.5, 0.6) is 0 Å². The largest absolute Gasteiger partial charge is 0.337 e. The number of hydrogen-bond donors (Lipinski definition) is 0. The molecule has 0 aromatic carbocycles. The minimum absolute atomic E-state index is 0.680. The van der Waals surface area contributed by atoms with Crippen molar-refractivity contribution in [2.24, 2.45) is 0 Å². The van der Waals surface area contributed by atoms with Gasteiger partial charge in [0.05, 0.1) is 0 Å². The third-order valence-electron chi connectivity index (χ3n) is 4.50. The molecule has 6 nitrogen and oxygen atoms in total. The van der Waals surface area contributed by atoms with Crippen molar-refractivity contribution in [3.63, 3.8) is 0 Å². The van der Waals surface area contributed by atoms with Crippen LogP contribution in [0.4, 0.5) is 5.95 Å². The number of aromatic nitrogens is 3. The number of nitrogens with zero attached hydrogens (tertiary/aromatic N) is 6. The molecule has 6 heteroatoms. The first-order chi connectivity index (χ1) is 9.81. The van der Waals surface area contributed by atoms with Gasteiger partial charge in [0.25, 0.3) is 0 Å². The maximum Gasteiger partial charge on any atom is 0.231 e. The number of likely N-dealkylation sites (N-methyl/N-ethyl adjacent to an activating group) is 1. The Hall–Kier alpha value is -1.66. The van der Waals surface area contributed by atoms with Gasteiger partial charge in [-0.3, -0.25) is 9.30 Å². The molecule has 4 heterocycles. The van der Waals surface area contributed by atoms with Crippen molar-refractivity contribution in [2.45, 2.75) is 6.04 Å². The first-order valence-electron chi connectivity index (χ1n) is 7.28. The van der Waals surface area contributed by atoms with Gasteiger partial charge >= 0.3 is 0 Å². The Labute approximate surface area is 118 Å². The fraction of sp³-hybridized carbons (Fsp3) is 0.571. The molecule has 0 unspecified atom stereocenters. The second-order valence-electron chi connectivity index (χ2n) is 5.83. The first-order valence-corrected chi connectivity index (χ1v) is 7.28. The number of piperazine rings is 1. The van der Waals surface area contributed by atoms with Crippen LogP contribution in [-0.4, -0.2) is 76.8 Å². The number of pyridine rings is 1. The Kier molecular flexibility index (Phi) is 2.85. The quantitative estimate of drug-likeness (QED) is 0.779. The van der Waals surface area contributed by atoms with Crippen LogP contribution in [-0.2, 0) is 0 Å². The van der Waals surface area contributed by atoms with Gasteiger partial charge in [0.2, 0.25) is 5.95 Å². The Morgan fingerprint density at radius 1 is 1.05 bits per heavy atom. The van der Waals surface area contributed by atoms with Crippen molar-refractivity contribution >= 4 is 11.6 Å². The monoisotopic (exact) mass is 272 g/mol. The van der Waals surface area contributed by atoms with E-state index in [1.165, 1.54) is 26.2 Å². The third kappa shape index (κ3) is 1.96. The van der Waals surface area contributed by atoms with Gasteiger partial charge in [-0.15, -0.1) is 10.2 Å². The average Bonchev–Trinajstić information content (AvgIpc) is 2.84. The lowest BCUT2D eigenvalue weighted by molar-refractivity contribution is 0.0957. The smallest absolute Gasteiger partial charge is 0.231 e. The summed E-state index contributed by atoms with van der Waals surface area (Å²) in [6.45, 7) is 6.89. The summed E-state index contributed by atoms with van der Waals surface area (Å²) in [7, 11) is 2.20. The molecular formula is C14H20N6. The third-order valence-corrected chi connectivity index (χ3v) is 4.50. The molecular weight excluding hydrogens is 252 g/mol. The summed E-state index contributed by atoms with van der Waals surface area (Å²) in [6.07, 6.45) is 2.04. The Morgan fingerprint density at radius 3 is 2.65 bits per heavy atom. The van der Waals surface area contributed by atoms with E-state index >= 15 is 0 Å². The van der Waals surface area contributed by atoms with E-state index in [-0.39, 0.29) is 0 Å².